The van der Waals surface area contributed by atoms with Crippen LogP contribution in [-0.4, -0.2) is 6.10 Å². The van der Waals surface area contributed by atoms with Crippen LogP contribution in [0, 0.1) is 0 Å². The number of anilines is 3. The number of nitrogens with zero attached hydrogens (tertiary/aromatic N) is 1. The van der Waals surface area contributed by atoms with Gasteiger partial charge >= 0.3 is 0 Å². The lowest BCUT2D eigenvalue weighted by atomic mass is 9.83. The zero-order valence-corrected chi connectivity index (χ0v) is 30.0. The Morgan fingerprint density at radius 2 is 1.04 bits per heavy atom. The summed E-state index contributed by atoms with van der Waals surface area (Å²) in [5.74, 6) is 0.975. The van der Waals surface area contributed by atoms with Gasteiger partial charge in [-0.05, 0) is 58.7 Å². The third kappa shape index (κ3) is 5.20. The summed E-state index contributed by atoms with van der Waals surface area (Å²) in [6.45, 7) is 0. The molecule has 2 heterocycles. The van der Waals surface area contributed by atoms with E-state index in [-0.39, 0.29) is 12.0 Å². The molecule has 0 saturated heterocycles. The molecule has 2 atom stereocenters. The third-order valence-electron chi connectivity index (χ3n) is 11.3. The Bertz CT molecular complexity index is 2860. The third-order valence-corrected chi connectivity index (χ3v) is 11.3. The smallest absolute Gasteiger partial charge is 0.143 e. The lowest BCUT2D eigenvalue weighted by molar-refractivity contribution is 0.281. The number of para-hydroxylation sites is 2. The van der Waals surface area contributed by atoms with Crippen LogP contribution in [-0.2, 0) is 0 Å². The van der Waals surface area contributed by atoms with Crippen molar-refractivity contribution in [3.63, 3.8) is 0 Å². The second-order valence-corrected chi connectivity index (χ2v) is 14.4. The van der Waals surface area contributed by atoms with E-state index in [0.29, 0.717) is 0 Å². The predicted molar refractivity (Wildman–Crippen MR) is 227 cm³/mol. The van der Waals surface area contributed by atoms with Crippen molar-refractivity contribution in [1.29, 1.82) is 0 Å². The molecule has 3 heteroatoms. The van der Waals surface area contributed by atoms with E-state index in [0.717, 1.165) is 66.7 Å². The fourth-order valence-electron chi connectivity index (χ4n) is 8.63. The van der Waals surface area contributed by atoms with Crippen LogP contribution < -0.4 is 9.64 Å². The van der Waals surface area contributed by atoms with E-state index in [9.17, 15) is 0 Å². The zero-order chi connectivity index (χ0) is 36.3. The number of fused-ring (bicyclic) bond motifs is 8. The SMILES string of the molecule is C1=CC2c3cc(N(c4ccc(-c5ccccc5)cc4)c4ccc(-c5ccccc5)cc4)c4ccccc4c3OC2C(c2cccc3c2oc2ccccc23)=C1. The van der Waals surface area contributed by atoms with E-state index < -0.39 is 0 Å². The number of benzene rings is 8. The molecule has 0 radical (unpaired) electrons. The van der Waals surface area contributed by atoms with Crippen LogP contribution in [0.4, 0.5) is 17.1 Å². The Morgan fingerprint density at radius 3 is 1.71 bits per heavy atom. The average molecular weight is 706 g/mol. The molecular formula is C52H35NO2. The molecule has 8 aromatic carbocycles. The standard InChI is InChI=1S/C52H35NO2/c1-3-13-34(14-4-1)36-25-29-38(30-26-36)53(39-31-27-37(28-32-39)35-15-5-2-6-16-35)48-33-47-46-23-12-22-45(51(46)55-52(47)42-19-8-7-17-40(42)48)44-21-11-20-43-41-18-9-10-24-49(41)54-50(43)44/h1-33,46,51H. The van der Waals surface area contributed by atoms with Gasteiger partial charge in [0.15, 0.2) is 0 Å². The molecule has 11 rings (SSSR count). The van der Waals surface area contributed by atoms with Gasteiger partial charge < -0.3 is 14.1 Å². The summed E-state index contributed by atoms with van der Waals surface area (Å²) in [7, 11) is 0. The maximum absolute atomic E-state index is 7.11. The molecule has 0 N–H and O–H groups in total. The molecule has 0 amide bonds. The summed E-state index contributed by atoms with van der Waals surface area (Å²) in [6.07, 6.45) is 6.49. The molecule has 1 aliphatic heterocycles. The first-order chi connectivity index (χ1) is 27.3. The summed E-state index contributed by atoms with van der Waals surface area (Å²) in [5.41, 5.74) is 13.2. The highest BCUT2D eigenvalue weighted by molar-refractivity contribution is 6.09. The number of hydrogen-bond acceptors (Lipinski definition) is 3. The van der Waals surface area contributed by atoms with Gasteiger partial charge in [-0.1, -0.05) is 164 Å². The molecule has 0 spiro atoms. The van der Waals surface area contributed by atoms with Crippen molar-refractivity contribution in [2.75, 3.05) is 4.90 Å². The molecule has 55 heavy (non-hydrogen) atoms. The van der Waals surface area contributed by atoms with Gasteiger partial charge in [-0.2, -0.15) is 0 Å². The van der Waals surface area contributed by atoms with Crippen LogP contribution in [0.3, 0.4) is 0 Å². The summed E-state index contributed by atoms with van der Waals surface area (Å²) in [5, 5.41) is 4.48. The van der Waals surface area contributed by atoms with Gasteiger partial charge in [0.1, 0.15) is 23.0 Å². The molecule has 1 aromatic heterocycles. The summed E-state index contributed by atoms with van der Waals surface area (Å²) >= 11 is 0. The largest absolute Gasteiger partial charge is 0.484 e. The molecule has 2 aliphatic rings. The summed E-state index contributed by atoms with van der Waals surface area (Å²) in [6, 6.07) is 64.8. The fourth-order valence-corrected chi connectivity index (χ4v) is 8.63. The number of ether oxygens (including phenoxy) is 1. The average Bonchev–Trinajstić information content (AvgIpc) is 3.84. The predicted octanol–water partition coefficient (Wildman–Crippen LogP) is 14.0. The van der Waals surface area contributed by atoms with Crippen LogP contribution in [0.2, 0.25) is 0 Å². The number of furan rings is 1. The minimum atomic E-state index is -0.193. The highest BCUT2D eigenvalue weighted by atomic mass is 16.5. The van der Waals surface area contributed by atoms with E-state index in [1.165, 1.54) is 27.8 Å². The lowest BCUT2D eigenvalue weighted by Crippen LogP contribution is -2.21. The van der Waals surface area contributed by atoms with Gasteiger partial charge in [0, 0.05) is 55.5 Å². The van der Waals surface area contributed by atoms with Gasteiger partial charge in [0.05, 0.1) is 5.69 Å². The van der Waals surface area contributed by atoms with Gasteiger partial charge in [-0.15, -0.1) is 0 Å². The van der Waals surface area contributed by atoms with Crippen molar-refractivity contribution in [3.8, 4) is 28.0 Å². The highest BCUT2D eigenvalue weighted by Crippen LogP contribution is 2.53. The zero-order valence-electron chi connectivity index (χ0n) is 30.0. The number of allylic oxidation sites excluding steroid dienone is 2. The number of hydrogen-bond donors (Lipinski definition) is 0. The van der Waals surface area contributed by atoms with E-state index in [1.54, 1.807) is 0 Å². The first kappa shape index (κ1) is 31.4. The second-order valence-electron chi connectivity index (χ2n) is 14.4. The van der Waals surface area contributed by atoms with Crippen molar-refractivity contribution in [3.05, 3.63) is 211 Å². The van der Waals surface area contributed by atoms with E-state index in [4.69, 9.17) is 9.15 Å². The van der Waals surface area contributed by atoms with Crippen molar-refractivity contribution < 1.29 is 9.15 Å². The van der Waals surface area contributed by atoms with Crippen molar-refractivity contribution in [1.82, 2.24) is 0 Å². The summed E-state index contributed by atoms with van der Waals surface area (Å²) in [4.78, 5) is 2.40. The van der Waals surface area contributed by atoms with Gasteiger partial charge in [-0.25, -0.2) is 0 Å². The van der Waals surface area contributed by atoms with E-state index in [2.05, 4.69) is 193 Å². The first-order valence-electron chi connectivity index (χ1n) is 18.9. The van der Waals surface area contributed by atoms with Gasteiger partial charge in [0.2, 0.25) is 0 Å². The lowest BCUT2D eigenvalue weighted by Gasteiger charge is -2.28. The highest BCUT2D eigenvalue weighted by Gasteiger charge is 2.40. The minimum Gasteiger partial charge on any atom is -0.484 e. The second kappa shape index (κ2) is 12.8. The van der Waals surface area contributed by atoms with Crippen LogP contribution in [0.1, 0.15) is 17.0 Å². The van der Waals surface area contributed by atoms with Crippen molar-refractivity contribution in [2.45, 2.75) is 12.0 Å². The molecule has 2 unspecified atom stereocenters. The van der Waals surface area contributed by atoms with E-state index in [1.807, 2.05) is 12.1 Å². The molecule has 260 valence electrons. The Hall–Kier alpha value is -7.10. The molecule has 0 bridgehead atoms. The van der Waals surface area contributed by atoms with Crippen LogP contribution >= 0.6 is 0 Å². The Kier molecular flexibility index (Phi) is 7.31. The van der Waals surface area contributed by atoms with Crippen LogP contribution in [0.25, 0.3) is 60.5 Å². The first-order valence-corrected chi connectivity index (χ1v) is 18.9. The van der Waals surface area contributed by atoms with Gasteiger partial charge in [-0.3, -0.25) is 0 Å². The maximum Gasteiger partial charge on any atom is 0.143 e. The maximum atomic E-state index is 7.11. The monoisotopic (exact) mass is 705 g/mol. The normalized spacial score (nSPS) is 15.8. The van der Waals surface area contributed by atoms with Crippen LogP contribution in [0.5, 0.6) is 5.75 Å². The molecule has 1 aliphatic carbocycles. The quantitative estimate of drug-likeness (QED) is 0.172. The molecule has 0 saturated carbocycles. The topological polar surface area (TPSA) is 25.6 Å². The molecule has 3 nitrogen and oxygen atoms in total. The fraction of sp³-hybridized carbons (Fsp3) is 0.0385. The molecule has 0 fully saturated rings. The Labute approximate surface area is 319 Å². The number of rotatable bonds is 6. The van der Waals surface area contributed by atoms with Gasteiger partial charge in [0.25, 0.3) is 0 Å². The Balaban J connectivity index is 1.06. The van der Waals surface area contributed by atoms with Crippen LogP contribution in [0.15, 0.2) is 205 Å². The molecular weight excluding hydrogens is 671 g/mol. The van der Waals surface area contributed by atoms with Crippen molar-refractivity contribution in [2.24, 2.45) is 0 Å². The van der Waals surface area contributed by atoms with Crippen molar-refractivity contribution >= 4 is 55.3 Å². The summed E-state index contributed by atoms with van der Waals surface area (Å²) < 4.78 is 13.6. The minimum absolute atomic E-state index is 0.0285. The molecule has 9 aromatic rings. The Morgan fingerprint density at radius 1 is 0.473 bits per heavy atom. The van der Waals surface area contributed by atoms with E-state index >= 15 is 0 Å².